The highest BCUT2D eigenvalue weighted by atomic mass is 16.5. The summed E-state index contributed by atoms with van der Waals surface area (Å²) in [6.07, 6.45) is 9.02. The van der Waals surface area contributed by atoms with Gasteiger partial charge in [0, 0.05) is 41.0 Å². The van der Waals surface area contributed by atoms with E-state index in [1.54, 1.807) is 7.11 Å². The number of methoxy groups -OCH3 is 1. The molecule has 4 heteroatoms. The van der Waals surface area contributed by atoms with Crippen molar-refractivity contribution in [2.24, 2.45) is 22.7 Å². The summed E-state index contributed by atoms with van der Waals surface area (Å²) in [6.45, 7) is 5.20. The molecule has 4 bridgehead atoms. The molecule has 1 saturated heterocycles. The Morgan fingerprint density at radius 1 is 1.24 bits per heavy atom. The van der Waals surface area contributed by atoms with Gasteiger partial charge in [-0.3, -0.25) is 4.90 Å². The normalized spacial score (nSPS) is 46.4. The van der Waals surface area contributed by atoms with Crippen LogP contribution in [-0.2, 0) is 11.8 Å². The highest BCUT2D eigenvalue weighted by molar-refractivity contribution is 5.63. The predicted octanol–water partition coefficient (Wildman–Crippen LogP) is 3.53. The van der Waals surface area contributed by atoms with E-state index >= 15 is 0 Å². The first-order valence-electron chi connectivity index (χ1n) is 11.8. The van der Waals surface area contributed by atoms with Crippen LogP contribution in [0.15, 0.2) is 12.1 Å². The van der Waals surface area contributed by atoms with Gasteiger partial charge in [0.2, 0.25) is 0 Å². The van der Waals surface area contributed by atoms with Gasteiger partial charge in [-0.25, -0.2) is 0 Å². The molecule has 1 aromatic carbocycles. The summed E-state index contributed by atoms with van der Waals surface area (Å²) in [4.78, 5) is 2.87. The van der Waals surface area contributed by atoms with Gasteiger partial charge in [-0.1, -0.05) is 13.0 Å². The Bertz CT molecular complexity index is 896. The van der Waals surface area contributed by atoms with E-state index in [1.165, 1.54) is 62.7 Å². The van der Waals surface area contributed by atoms with Crippen molar-refractivity contribution in [1.82, 2.24) is 4.90 Å². The molecule has 7 aliphatic rings. The van der Waals surface area contributed by atoms with E-state index in [0.717, 1.165) is 23.8 Å². The van der Waals surface area contributed by atoms with Crippen LogP contribution >= 0.6 is 0 Å². The van der Waals surface area contributed by atoms with E-state index in [9.17, 15) is 5.11 Å². The van der Waals surface area contributed by atoms with E-state index in [4.69, 9.17) is 9.47 Å². The molecule has 29 heavy (non-hydrogen) atoms. The molecule has 4 nitrogen and oxygen atoms in total. The zero-order valence-electron chi connectivity index (χ0n) is 17.7. The van der Waals surface area contributed by atoms with Crippen LogP contribution in [0.2, 0.25) is 0 Å². The number of likely N-dealkylation sites (tertiary alicyclic amines) is 1. The van der Waals surface area contributed by atoms with Crippen molar-refractivity contribution in [3.05, 3.63) is 23.3 Å². The Balaban J connectivity index is 1.48. The maximum Gasteiger partial charge on any atom is 0.165 e. The summed E-state index contributed by atoms with van der Waals surface area (Å²) in [5, 5.41) is 10.4. The lowest BCUT2D eigenvalue weighted by molar-refractivity contribution is -0.239. The number of nitrogens with zero attached hydrogens (tertiary/aromatic N) is 1. The summed E-state index contributed by atoms with van der Waals surface area (Å²) in [5.41, 5.74) is 3.44. The van der Waals surface area contributed by atoms with Crippen LogP contribution in [0.3, 0.4) is 0 Å². The van der Waals surface area contributed by atoms with Crippen molar-refractivity contribution in [1.29, 1.82) is 0 Å². The van der Waals surface area contributed by atoms with Gasteiger partial charge < -0.3 is 14.6 Å². The average molecular weight is 396 g/mol. The molecule has 0 radical (unpaired) electrons. The lowest BCUT2D eigenvalue weighted by Crippen LogP contribution is -2.78. The van der Waals surface area contributed by atoms with Gasteiger partial charge in [0.05, 0.1) is 7.11 Å². The minimum absolute atomic E-state index is 0.0539. The summed E-state index contributed by atoms with van der Waals surface area (Å²) >= 11 is 0. The number of aliphatic hydroxyl groups excluding tert-OH is 1. The molecule has 156 valence electrons. The number of ether oxygens (including phenoxy) is 2. The number of hydrogen-bond acceptors (Lipinski definition) is 4. The maximum atomic E-state index is 10.4. The molecular formula is C25H33NO3. The van der Waals surface area contributed by atoms with Crippen LogP contribution < -0.4 is 9.47 Å². The summed E-state index contributed by atoms with van der Waals surface area (Å²) < 4.78 is 12.7. The molecule has 4 saturated carbocycles. The minimum Gasteiger partial charge on any atom is -0.493 e. The van der Waals surface area contributed by atoms with Crippen LogP contribution in [0, 0.1) is 22.7 Å². The number of benzene rings is 1. The number of piperidine rings is 1. The van der Waals surface area contributed by atoms with E-state index < -0.39 is 0 Å². The number of fused-ring (bicyclic) bond motifs is 2. The fourth-order valence-electron chi connectivity index (χ4n) is 8.91. The molecule has 2 spiro atoms. The van der Waals surface area contributed by atoms with Gasteiger partial charge in [-0.05, 0) is 75.0 Å². The predicted molar refractivity (Wildman–Crippen MR) is 110 cm³/mol. The van der Waals surface area contributed by atoms with E-state index in [0.29, 0.717) is 18.6 Å². The standard InChI is InChI=1S/C25H33NO3/c1-23-7-8-24(12-17(23)14-27)19-11-16-5-6-18(28-2)21-20(16)25(24,22(23)29-21)9-10-26(19)13-15-3-4-15/h5-6,15,17,19,22,27H,3-4,7-14H2,1-2H3/t17-,19?,22+,23+,24-,25?/m1/s1. The Morgan fingerprint density at radius 2 is 2.10 bits per heavy atom. The molecule has 1 aromatic rings. The highest BCUT2D eigenvalue weighted by Crippen LogP contribution is 2.78. The first kappa shape index (κ1) is 17.4. The van der Waals surface area contributed by atoms with Crippen molar-refractivity contribution >= 4 is 0 Å². The van der Waals surface area contributed by atoms with Crippen LogP contribution in [0.4, 0.5) is 0 Å². The largest absolute Gasteiger partial charge is 0.493 e. The van der Waals surface area contributed by atoms with Crippen LogP contribution in [-0.4, -0.2) is 49.0 Å². The molecular weight excluding hydrogens is 362 g/mol. The third kappa shape index (κ3) is 1.79. The second kappa shape index (κ2) is 5.31. The maximum absolute atomic E-state index is 10.4. The number of aliphatic hydroxyl groups is 1. The monoisotopic (exact) mass is 395 g/mol. The molecule has 5 aliphatic carbocycles. The van der Waals surface area contributed by atoms with Gasteiger partial charge >= 0.3 is 0 Å². The van der Waals surface area contributed by atoms with Gasteiger partial charge in [0.25, 0.3) is 0 Å². The molecule has 1 N–H and O–H groups in total. The van der Waals surface area contributed by atoms with Crippen molar-refractivity contribution in [2.45, 2.75) is 69.4 Å². The number of rotatable bonds is 4. The summed E-state index contributed by atoms with van der Waals surface area (Å²) in [6, 6.07) is 5.07. The van der Waals surface area contributed by atoms with E-state index in [1.807, 2.05) is 0 Å². The van der Waals surface area contributed by atoms with Crippen LogP contribution in [0.25, 0.3) is 0 Å². The highest BCUT2D eigenvalue weighted by Gasteiger charge is 2.78. The van der Waals surface area contributed by atoms with Crippen molar-refractivity contribution in [2.75, 3.05) is 26.8 Å². The van der Waals surface area contributed by atoms with Crippen molar-refractivity contribution < 1.29 is 14.6 Å². The molecule has 6 atom stereocenters. The lowest BCUT2D eigenvalue weighted by Gasteiger charge is -2.74. The molecule has 2 aliphatic heterocycles. The molecule has 0 aromatic heterocycles. The molecule has 8 rings (SSSR count). The molecule has 5 fully saturated rings. The Hall–Kier alpha value is -1.26. The molecule has 0 amide bonds. The lowest BCUT2D eigenvalue weighted by atomic mass is 9.33. The third-order valence-corrected chi connectivity index (χ3v) is 10.4. The zero-order chi connectivity index (χ0) is 19.6. The van der Waals surface area contributed by atoms with Crippen LogP contribution in [0.1, 0.15) is 56.6 Å². The molecule has 2 unspecified atom stereocenters. The first-order valence-corrected chi connectivity index (χ1v) is 11.8. The third-order valence-electron chi connectivity index (χ3n) is 10.4. The quantitative estimate of drug-likeness (QED) is 0.847. The van der Waals surface area contributed by atoms with Gasteiger partial charge in [0.15, 0.2) is 11.5 Å². The Kier molecular flexibility index (Phi) is 3.19. The van der Waals surface area contributed by atoms with E-state index in [-0.39, 0.29) is 22.3 Å². The Labute approximate surface area is 173 Å². The summed E-state index contributed by atoms with van der Waals surface area (Å²) in [5.74, 6) is 3.22. The SMILES string of the molecule is COc1ccc2c3c1O[C@@H]1C34CCN(CC3CC3)C(C2)[C@]42CC[C@@]1(C)[C@@H](CO)C2. The average Bonchev–Trinajstić information content (AvgIpc) is 3.47. The van der Waals surface area contributed by atoms with Gasteiger partial charge in [0.1, 0.15) is 6.10 Å². The van der Waals surface area contributed by atoms with Crippen molar-refractivity contribution in [3.63, 3.8) is 0 Å². The van der Waals surface area contributed by atoms with Crippen molar-refractivity contribution in [3.8, 4) is 11.5 Å². The zero-order valence-corrected chi connectivity index (χ0v) is 17.7. The van der Waals surface area contributed by atoms with Crippen LogP contribution in [0.5, 0.6) is 11.5 Å². The smallest absolute Gasteiger partial charge is 0.165 e. The fraction of sp³-hybridized carbons (Fsp3) is 0.760. The minimum atomic E-state index is 0.0539. The Morgan fingerprint density at radius 3 is 2.86 bits per heavy atom. The summed E-state index contributed by atoms with van der Waals surface area (Å²) in [7, 11) is 1.77. The second-order valence-corrected chi connectivity index (χ2v) is 11.3. The van der Waals surface area contributed by atoms with E-state index in [2.05, 4.69) is 24.0 Å². The molecule has 2 heterocycles. The fourth-order valence-corrected chi connectivity index (χ4v) is 8.91. The first-order chi connectivity index (χ1) is 14.1. The topological polar surface area (TPSA) is 41.9 Å². The van der Waals surface area contributed by atoms with Gasteiger partial charge in [-0.15, -0.1) is 0 Å². The van der Waals surface area contributed by atoms with Gasteiger partial charge in [-0.2, -0.15) is 0 Å². The second-order valence-electron chi connectivity index (χ2n) is 11.3. The number of hydrogen-bond donors (Lipinski definition) is 1.